The number of fused-ring (bicyclic) bond motifs is 1. The van der Waals surface area contributed by atoms with E-state index in [9.17, 15) is 27.5 Å². The van der Waals surface area contributed by atoms with Gasteiger partial charge in [-0.15, -0.1) is 0 Å². The van der Waals surface area contributed by atoms with Gasteiger partial charge in [0.25, 0.3) is 0 Å². The lowest BCUT2D eigenvalue weighted by Gasteiger charge is -2.38. The van der Waals surface area contributed by atoms with E-state index in [4.69, 9.17) is 0 Å². The summed E-state index contributed by atoms with van der Waals surface area (Å²) in [7, 11) is 0. The first kappa shape index (κ1) is 21.3. The summed E-state index contributed by atoms with van der Waals surface area (Å²) < 4.78 is 55.6. The van der Waals surface area contributed by atoms with E-state index in [0.717, 1.165) is 0 Å². The van der Waals surface area contributed by atoms with Crippen molar-refractivity contribution in [2.75, 3.05) is 0 Å². The zero-order valence-corrected chi connectivity index (χ0v) is 16.5. The predicted octanol–water partition coefficient (Wildman–Crippen LogP) is 4.80. The number of halogens is 4. The molecule has 0 amide bonds. The highest BCUT2D eigenvalue weighted by Gasteiger charge is 2.56. The highest BCUT2D eigenvalue weighted by Crippen LogP contribution is 2.44. The number of hydrogen-bond donors (Lipinski definition) is 2. The Kier molecular flexibility index (Phi) is 5.24. The average molecular weight is 409 g/mol. The monoisotopic (exact) mass is 409 g/mol. The van der Waals surface area contributed by atoms with Crippen LogP contribution in [0.4, 0.5) is 17.6 Å². The third-order valence-electron chi connectivity index (χ3n) is 5.46. The van der Waals surface area contributed by atoms with Crippen molar-refractivity contribution in [3.05, 3.63) is 64.2 Å². The molecule has 29 heavy (non-hydrogen) atoms. The molecule has 0 aliphatic heterocycles. The van der Waals surface area contributed by atoms with Crippen LogP contribution in [0.5, 0.6) is 0 Å². The van der Waals surface area contributed by atoms with E-state index in [1.807, 2.05) is 0 Å². The summed E-state index contributed by atoms with van der Waals surface area (Å²) >= 11 is 0. The molecule has 156 valence electrons. The van der Waals surface area contributed by atoms with Crippen molar-refractivity contribution < 1.29 is 27.5 Å². The first-order valence-corrected chi connectivity index (χ1v) is 9.28. The molecule has 3 rings (SSSR count). The van der Waals surface area contributed by atoms with Crippen molar-refractivity contribution in [1.82, 2.24) is 4.98 Å². The number of aromatic nitrogens is 1. The summed E-state index contributed by atoms with van der Waals surface area (Å²) in [4.78, 5) is 14.4. The summed E-state index contributed by atoms with van der Waals surface area (Å²) in [5.74, 6) is -0.667. The maximum Gasteiger partial charge on any atom is 0.417 e. The van der Waals surface area contributed by atoms with E-state index in [1.165, 1.54) is 36.4 Å². The third-order valence-corrected chi connectivity index (χ3v) is 5.46. The molecule has 0 radical (unpaired) electrons. The number of alkyl halides is 3. The number of allylic oxidation sites excluding steroid dienone is 1. The summed E-state index contributed by atoms with van der Waals surface area (Å²) in [6.07, 6.45) is -3.23. The van der Waals surface area contributed by atoms with Crippen LogP contribution in [0.25, 0.3) is 6.08 Å². The van der Waals surface area contributed by atoms with Gasteiger partial charge < -0.3 is 10.1 Å². The highest BCUT2D eigenvalue weighted by molar-refractivity contribution is 5.98. The molecule has 0 fully saturated rings. The largest absolute Gasteiger partial charge is 0.417 e. The van der Waals surface area contributed by atoms with Gasteiger partial charge in [0.1, 0.15) is 5.82 Å². The number of H-pyrrole nitrogens is 1. The lowest BCUT2D eigenvalue weighted by atomic mass is 9.72. The van der Waals surface area contributed by atoms with Crippen LogP contribution >= 0.6 is 0 Å². The highest BCUT2D eigenvalue weighted by atomic mass is 19.4. The Morgan fingerprint density at radius 1 is 1.14 bits per heavy atom. The summed E-state index contributed by atoms with van der Waals surface area (Å²) in [5, 5.41) is 10.7. The molecule has 1 aliphatic carbocycles. The minimum atomic E-state index is -4.90. The smallest absolute Gasteiger partial charge is 0.380 e. The molecular formula is C22H23F4NO2. The molecule has 1 atom stereocenters. The average Bonchev–Trinajstić information content (AvgIpc) is 2.96. The maximum absolute atomic E-state index is 14.0. The van der Waals surface area contributed by atoms with Crippen molar-refractivity contribution in [2.24, 2.45) is 0 Å². The molecule has 3 nitrogen and oxygen atoms in total. The standard InChI is InChI=1S/C22H23F4NO2/c1-13-4-5-15(23)10-18(13)20(2,3)12-21(29,22(24,25)26)11-16-8-14-9-17(28)6-7-19(14)27-16/h4-8,10,27,29H,9,11-12H2,1-3H3. The maximum atomic E-state index is 14.0. The second-order valence-corrected chi connectivity index (χ2v) is 8.44. The van der Waals surface area contributed by atoms with Gasteiger partial charge in [-0.1, -0.05) is 19.9 Å². The van der Waals surface area contributed by atoms with Crippen molar-refractivity contribution in [1.29, 1.82) is 0 Å². The first-order chi connectivity index (χ1) is 13.3. The Morgan fingerprint density at radius 3 is 2.48 bits per heavy atom. The fourth-order valence-electron chi connectivity index (χ4n) is 4.12. The molecule has 7 heteroatoms. The molecule has 1 aromatic heterocycles. The fourth-order valence-corrected chi connectivity index (χ4v) is 4.12. The van der Waals surface area contributed by atoms with E-state index in [1.54, 1.807) is 20.8 Å². The number of benzene rings is 1. The van der Waals surface area contributed by atoms with Gasteiger partial charge in [0, 0.05) is 24.2 Å². The number of carbonyl (C=O) groups is 1. The van der Waals surface area contributed by atoms with Crippen LogP contribution in [-0.4, -0.2) is 27.7 Å². The predicted molar refractivity (Wildman–Crippen MR) is 102 cm³/mol. The number of rotatable bonds is 5. The number of hydrogen-bond acceptors (Lipinski definition) is 2. The molecule has 1 heterocycles. The number of ketones is 1. The second-order valence-electron chi connectivity index (χ2n) is 8.44. The normalized spacial score (nSPS) is 16.6. The van der Waals surface area contributed by atoms with Crippen molar-refractivity contribution in [3.63, 3.8) is 0 Å². The Labute approximate surface area is 166 Å². The Bertz CT molecular complexity index is 972. The first-order valence-electron chi connectivity index (χ1n) is 9.28. The van der Waals surface area contributed by atoms with Crippen molar-refractivity contribution in [2.45, 2.75) is 57.2 Å². The van der Waals surface area contributed by atoms with Crippen LogP contribution in [0.3, 0.4) is 0 Å². The molecule has 0 bridgehead atoms. The minimum Gasteiger partial charge on any atom is -0.380 e. The van der Waals surface area contributed by atoms with Gasteiger partial charge in [-0.2, -0.15) is 13.2 Å². The zero-order valence-electron chi connectivity index (χ0n) is 16.5. The molecular weight excluding hydrogens is 386 g/mol. The quantitative estimate of drug-likeness (QED) is 0.697. The van der Waals surface area contributed by atoms with E-state index in [0.29, 0.717) is 22.4 Å². The summed E-state index contributed by atoms with van der Waals surface area (Å²) in [6, 6.07) is 5.48. The third kappa shape index (κ3) is 4.29. The zero-order chi connectivity index (χ0) is 21.6. The van der Waals surface area contributed by atoms with Crippen molar-refractivity contribution >= 4 is 11.9 Å². The molecule has 2 N–H and O–H groups in total. The minimum absolute atomic E-state index is 0.112. The molecule has 1 aliphatic rings. The van der Waals surface area contributed by atoms with Gasteiger partial charge >= 0.3 is 6.18 Å². The van der Waals surface area contributed by atoms with Crippen LogP contribution in [0.15, 0.2) is 30.3 Å². The molecule has 0 saturated heterocycles. The van der Waals surface area contributed by atoms with Crippen molar-refractivity contribution in [3.8, 4) is 0 Å². The fraction of sp³-hybridized carbons (Fsp3) is 0.409. The number of aryl methyl sites for hydroxylation is 1. The molecule has 0 spiro atoms. The lowest BCUT2D eigenvalue weighted by molar-refractivity contribution is -0.266. The molecule has 1 unspecified atom stereocenters. The van der Waals surface area contributed by atoms with Gasteiger partial charge in [0.05, 0.1) is 0 Å². The number of aliphatic hydroxyl groups is 1. The van der Waals surface area contributed by atoms with Gasteiger partial charge in [-0.3, -0.25) is 4.79 Å². The topological polar surface area (TPSA) is 53.1 Å². The van der Waals surface area contributed by atoms with Crippen LogP contribution in [0, 0.1) is 12.7 Å². The van der Waals surface area contributed by atoms with Gasteiger partial charge in [-0.25, -0.2) is 4.39 Å². The number of carbonyl (C=O) groups excluding carboxylic acids is 1. The Hall–Kier alpha value is -2.41. The van der Waals surface area contributed by atoms with E-state index < -0.39 is 35.9 Å². The van der Waals surface area contributed by atoms with Gasteiger partial charge in [-0.05, 0) is 65.8 Å². The molecule has 2 aromatic rings. The van der Waals surface area contributed by atoms with Crippen LogP contribution in [-0.2, 0) is 23.1 Å². The van der Waals surface area contributed by atoms with E-state index >= 15 is 0 Å². The van der Waals surface area contributed by atoms with Crippen LogP contribution < -0.4 is 0 Å². The SMILES string of the molecule is Cc1ccc(F)cc1C(C)(C)CC(O)(Cc1cc2c([nH]1)C=CC(=O)C2)C(F)(F)F. The van der Waals surface area contributed by atoms with Crippen LogP contribution in [0.2, 0.25) is 0 Å². The van der Waals surface area contributed by atoms with Crippen LogP contribution in [0.1, 0.15) is 48.3 Å². The summed E-state index contributed by atoms with van der Waals surface area (Å²) in [6.45, 7) is 4.82. The number of nitrogens with one attached hydrogen (secondary N) is 1. The Balaban J connectivity index is 1.94. The van der Waals surface area contributed by atoms with E-state index in [-0.39, 0.29) is 17.9 Å². The van der Waals surface area contributed by atoms with Gasteiger partial charge in [0.15, 0.2) is 11.4 Å². The second kappa shape index (κ2) is 7.13. The van der Waals surface area contributed by atoms with Gasteiger partial charge in [0.2, 0.25) is 0 Å². The lowest BCUT2D eigenvalue weighted by Crippen LogP contribution is -2.51. The summed E-state index contributed by atoms with van der Waals surface area (Å²) in [5.41, 5.74) is -1.73. The molecule has 1 aromatic carbocycles. The van der Waals surface area contributed by atoms with E-state index in [2.05, 4.69) is 4.98 Å². The number of aromatic amines is 1. The molecule has 0 saturated carbocycles. The Morgan fingerprint density at radius 2 is 1.83 bits per heavy atom.